The lowest BCUT2D eigenvalue weighted by Gasteiger charge is -2.25. The van der Waals surface area contributed by atoms with Crippen molar-refractivity contribution in [1.82, 2.24) is 4.98 Å². The van der Waals surface area contributed by atoms with Crippen LogP contribution in [-0.4, -0.2) is 28.6 Å². The third-order valence-corrected chi connectivity index (χ3v) is 6.92. The number of hydrogen-bond donors (Lipinski definition) is 2. The van der Waals surface area contributed by atoms with Crippen LogP contribution in [0.3, 0.4) is 0 Å². The van der Waals surface area contributed by atoms with E-state index in [0.29, 0.717) is 31.7 Å². The van der Waals surface area contributed by atoms with Gasteiger partial charge in [-0.2, -0.15) is 0 Å². The Morgan fingerprint density at radius 1 is 1.00 bits per heavy atom. The molecule has 3 aromatic rings. The molecule has 0 radical (unpaired) electrons. The number of carboxylic acids is 1. The summed E-state index contributed by atoms with van der Waals surface area (Å²) < 4.78 is 18.8. The van der Waals surface area contributed by atoms with Gasteiger partial charge in [-0.05, 0) is 85.7 Å². The second-order valence-electron chi connectivity index (χ2n) is 9.67. The van der Waals surface area contributed by atoms with Gasteiger partial charge in [0.1, 0.15) is 5.82 Å². The number of amides is 1. The number of pyridine rings is 1. The number of carboxylic acid groups (broad SMARTS) is 1. The fourth-order valence-corrected chi connectivity index (χ4v) is 4.32. The summed E-state index contributed by atoms with van der Waals surface area (Å²) >= 11 is 0. The van der Waals surface area contributed by atoms with Gasteiger partial charge in [0.15, 0.2) is 0 Å². The molecular formula is C32H37FN2O4. The van der Waals surface area contributed by atoms with Crippen molar-refractivity contribution in [3.63, 3.8) is 0 Å². The fourth-order valence-electron chi connectivity index (χ4n) is 4.32. The minimum absolute atomic E-state index is 0.0670. The summed E-state index contributed by atoms with van der Waals surface area (Å²) in [5.74, 6) is -1.47. The van der Waals surface area contributed by atoms with Crippen molar-refractivity contribution in [3.05, 3.63) is 95.1 Å². The Bertz CT molecular complexity index is 1250. The average molecular weight is 533 g/mol. The molecular weight excluding hydrogens is 495 g/mol. The number of hydrogen-bond acceptors (Lipinski definition) is 4. The predicted molar refractivity (Wildman–Crippen MR) is 152 cm³/mol. The summed E-state index contributed by atoms with van der Waals surface area (Å²) in [4.78, 5) is 28.9. The average Bonchev–Trinajstić information content (AvgIpc) is 2.94. The van der Waals surface area contributed by atoms with Crippen molar-refractivity contribution >= 4 is 29.7 Å². The van der Waals surface area contributed by atoms with Crippen LogP contribution in [0.25, 0.3) is 12.2 Å². The number of halogens is 1. The minimum atomic E-state index is -1.05. The van der Waals surface area contributed by atoms with E-state index < -0.39 is 11.4 Å². The van der Waals surface area contributed by atoms with Gasteiger partial charge in [0.05, 0.1) is 23.4 Å². The molecule has 2 N–H and O–H groups in total. The highest BCUT2D eigenvalue weighted by molar-refractivity contribution is 5.94. The first-order valence-corrected chi connectivity index (χ1v) is 13.4. The lowest BCUT2D eigenvalue weighted by molar-refractivity contribution is -0.151. The maximum absolute atomic E-state index is 13.0. The summed E-state index contributed by atoms with van der Waals surface area (Å²) in [7, 11) is 0. The number of carbonyl (C=O) groups is 2. The summed E-state index contributed by atoms with van der Waals surface area (Å²) in [6.45, 7) is 4.64. The number of benzene rings is 2. The van der Waals surface area contributed by atoms with E-state index in [1.165, 1.54) is 12.1 Å². The zero-order valence-corrected chi connectivity index (χ0v) is 22.7. The van der Waals surface area contributed by atoms with E-state index in [4.69, 9.17) is 4.74 Å². The Balaban J connectivity index is 1.48. The van der Waals surface area contributed by atoms with E-state index in [-0.39, 0.29) is 18.1 Å². The van der Waals surface area contributed by atoms with Crippen molar-refractivity contribution in [1.29, 1.82) is 0 Å². The van der Waals surface area contributed by atoms with E-state index in [2.05, 4.69) is 10.3 Å². The van der Waals surface area contributed by atoms with Gasteiger partial charge in [-0.25, -0.2) is 4.39 Å². The van der Waals surface area contributed by atoms with E-state index in [1.54, 1.807) is 19.9 Å². The van der Waals surface area contributed by atoms with Crippen LogP contribution in [-0.2, 0) is 27.4 Å². The van der Waals surface area contributed by atoms with Crippen LogP contribution < -0.4 is 5.32 Å². The predicted octanol–water partition coefficient (Wildman–Crippen LogP) is 7.15. The first-order valence-electron chi connectivity index (χ1n) is 13.4. The molecule has 0 bridgehead atoms. The van der Waals surface area contributed by atoms with Crippen molar-refractivity contribution in [2.45, 2.75) is 59.0 Å². The Labute approximate surface area is 229 Å². The Morgan fingerprint density at radius 2 is 1.74 bits per heavy atom. The third kappa shape index (κ3) is 9.45. The number of carbonyl (C=O) groups excluding carboxylic acids is 1. The maximum Gasteiger partial charge on any atom is 0.310 e. The van der Waals surface area contributed by atoms with Gasteiger partial charge >= 0.3 is 5.97 Å². The Kier molecular flexibility index (Phi) is 11.4. The zero-order chi connectivity index (χ0) is 28.1. The molecule has 2 aromatic carbocycles. The summed E-state index contributed by atoms with van der Waals surface area (Å²) in [6, 6.07) is 19.8. The first kappa shape index (κ1) is 29.7. The van der Waals surface area contributed by atoms with Gasteiger partial charge in [0, 0.05) is 18.7 Å². The molecule has 0 saturated carbocycles. The van der Waals surface area contributed by atoms with Gasteiger partial charge in [-0.1, -0.05) is 50.3 Å². The lowest BCUT2D eigenvalue weighted by Crippen LogP contribution is -2.34. The lowest BCUT2D eigenvalue weighted by atomic mass is 9.79. The zero-order valence-electron chi connectivity index (χ0n) is 22.7. The van der Waals surface area contributed by atoms with Crippen LogP contribution >= 0.6 is 0 Å². The number of nitrogens with zero attached hydrogens (tertiary/aromatic N) is 1. The highest BCUT2D eigenvalue weighted by Crippen LogP contribution is 2.31. The fraction of sp³-hybridized carbons (Fsp3) is 0.344. The number of unbranched alkanes of at least 4 members (excludes halogenated alkanes) is 1. The summed E-state index contributed by atoms with van der Waals surface area (Å²) in [5.41, 5.74) is 3.20. The molecule has 39 heavy (non-hydrogen) atoms. The van der Waals surface area contributed by atoms with E-state index in [1.807, 2.05) is 60.7 Å². The molecule has 0 atom stereocenters. The van der Waals surface area contributed by atoms with Crippen LogP contribution in [0.4, 0.5) is 10.1 Å². The number of aliphatic carboxylic acids is 1. The van der Waals surface area contributed by atoms with Gasteiger partial charge in [-0.3, -0.25) is 14.6 Å². The number of aryl methyl sites for hydroxylation is 1. The highest BCUT2D eigenvalue weighted by Gasteiger charge is 2.37. The maximum atomic E-state index is 13.0. The molecule has 0 aliphatic rings. The van der Waals surface area contributed by atoms with Crippen LogP contribution in [0.15, 0.2) is 66.7 Å². The van der Waals surface area contributed by atoms with Crippen LogP contribution in [0.5, 0.6) is 0 Å². The molecule has 0 saturated heterocycles. The smallest absolute Gasteiger partial charge is 0.310 e. The highest BCUT2D eigenvalue weighted by atomic mass is 19.1. The van der Waals surface area contributed by atoms with Crippen molar-refractivity contribution < 1.29 is 23.8 Å². The Morgan fingerprint density at radius 3 is 2.46 bits per heavy atom. The molecule has 0 aliphatic heterocycles. The number of anilines is 1. The minimum Gasteiger partial charge on any atom is -0.481 e. The van der Waals surface area contributed by atoms with Crippen molar-refractivity contribution in [2.24, 2.45) is 5.41 Å². The van der Waals surface area contributed by atoms with Crippen molar-refractivity contribution in [3.8, 4) is 0 Å². The normalized spacial score (nSPS) is 11.6. The SMILES string of the molecule is CCC(CC)(CC(=O)Nc1cccc(/C=C/c2cccc(COCCCCc3ccc(F)cc3)n2)c1)C(=O)O. The van der Waals surface area contributed by atoms with Gasteiger partial charge < -0.3 is 15.2 Å². The monoisotopic (exact) mass is 532 g/mol. The largest absolute Gasteiger partial charge is 0.481 e. The number of aromatic nitrogens is 1. The molecule has 0 unspecified atom stereocenters. The van der Waals surface area contributed by atoms with Gasteiger partial charge in [0.2, 0.25) is 5.91 Å². The summed E-state index contributed by atoms with van der Waals surface area (Å²) in [6.07, 6.45) is 7.31. The van der Waals surface area contributed by atoms with Crippen LogP contribution in [0.2, 0.25) is 0 Å². The number of rotatable bonds is 15. The molecule has 7 heteroatoms. The molecule has 206 valence electrons. The van der Waals surface area contributed by atoms with Crippen LogP contribution in [0.1, 0.15) is 68.5 Å². The number of nitrogens with one attached hydrogen (secondary N) is 1. The second kappa shape index (κ2) is 14.9. The molecule has 0 aliphatic carbocycles. The van der Waals surface area contributed by atoms with E-state index in [0.717, 1.165) is 41.8 Å². The van der Waals surface area contributed by atoms with Gasteiger partial charge in [0.25, 0.3) is 0 Å². The first-order chi connectivity index (χ1) is 18.8. The molecule has 3 rings (SSSR count). The molecule has 0 fully saturated rings. The molecule has 1 heterocycles. The third-order valence-electron chi connectivity index (χ3n) is 6.92. The van der Waals surface area contributed by atoms with Gasteiger partial charge in [-0.15, -0.1) is 0 Å². The molecule has 1 amide bonds. The second-order valence-corrected chi connectivity index (χ2v) is 9.67. The standard InChI is InChI=1S/C32H37FN2O4/c1-3-32(4-2,31(37)38)22-30(36)35-28-12-7-10-25(21-28)16-19-27-11-8-13-29(34-27)23-39-20-6-5-9-24-14-17-26(33)18-15-24/h7-8,10-19,21H,3-6,9,20,22-23H2,1-2H3,(H,35,36)(H,37,38)/b19-16+. The Hall–Kier alpha value is -3.84. The van der Waals surface area contributed by atoms with E-state index >= 15 is 0 Å². The topological polar surface area (TPSA) is 88.5 Å². The van der Waals surface area contributed by atoms with Crippen molar-refractivity contribution in [2.75, 3.05) is 11.9 Å². The summed E-state index contributed by atoms with van der Waals surface area (Å²) in [5, 5.41) is 12.4. The molecule has 1 aromatic heterocycles. The number of ether oxygens (including phenoxy) is 1. The molecule has 6 nitrogen and oxygen atoms in total. The quantitative estimate of drug-likeness (QED) is 0.203. The molecule has 0 spiro atoms. The van der Waals surface area contributed by atoms with E-state index in [9.17, 15) is 19.1 Å². The van der Waals surface area contributed by atoms with Crippen LogP contribution in [0, 0.1) is 11.2 Å².